The molecule has 32 heavy (non-hydrogen) atoms. The molecule has 1 aliphatic rings. The van der Waals surface area contributed by atoms with Gasteiger partial charge in [0.05, 0.1) is 12.7 Å². The Labute approximate surface area is 188 Å². The van der Waals surface area contributed by atoms with Gasteiger partial charge in [0.1, 0.15) is 25.1 Å². The summed E-state index contributed by atoms with van der Waals surface area (Å²) < 4.78 is 17.2. The second kappa shape index (κ2) is 9.64. The molecular formula is C26H28N2O4. The van der Waals surface area contributed by atoms with E-state index in [1.165, 1.54) is 0 Å². The number of methoxy groups -OCH3 is 1. The maximum Gasteiger partial charge on any atom is 0.258 e. The van der Waals surface area contributed by atoms with Crippen LogP contribution in [0.1, 0.15) is 35.9 Å². The summed E-state index contributed by atoms with van der Waals surface area (Å²) in [7, 11) is 1.61. The largest absolute Gasteiger partial charge is 0.493 e. The molecule has 3 aromatic rings. The van der Waals surface area contributed by atoms with Crippen LogP contribution in [-0.4, -0.2) is 37.2 Å². The Morgan fingerprint density at radius 3 is 2.38 bits per heavy atom. The molecule has 0 saturated heterocycles. The van der Waals surface area contributed by atoms with E-state index in [4.69, 9.17) is 14.2 Å². The van der Waals surface area contributed by atoms with Gasteiger partial charge in [-0.3, -0.25) is 4.79 Å². The number of anilines is 1. The molecule has 166 valence electrons. The average molecular weight is 433 g/mol. The van der Waals surface area contributed by atoms with E-state index >= 15 is 0 Å². The molecule has 1 amide bonds. The summed E-state index contributed by atoms with van der Waals surface area (Å²) in [5, 5.41) is 3.51. The smallest absolute Gasteiger partial charge is 0.258 e. The Morgan fingerprint density at radius 1 is 0.906 bits per heavy atom. The van der Waals surface area contributed by atoms with E-state index in [1.54, 1.807) is 7.11 Å². The van der Waals surface area contributed by atoms with E-state index in [2.05, 4.69) is 5.32 Å². The topological polar surface area (TPSA) is 60.0 Å². The van der Waals surface area contributed by atoms with Crippen molar-refractivity contribution >= 4 is 11.6 Å². The summed E-state index contributed by atoms with van der Waals surface area (Å²) in [5.74, 6) is 2.06. The van der Waals surface area contributed by atoms with Gasteiger partial charge in [-0.1, -0.05) is 36.4 Å². The summed E-state index contributed by atoms with van der Waals surface area (Å²) in [6, 6.07) is 23.0. The monoisotopic (exact) mass is 432 g/mol. The second-order valence-electron chi connectivity index (χ2n) is 7.82. The number of carbonyl (C=O) groups excluding carboxylic acids is 1. The zero-order valence-corrected chi connectivity index (χ0v) is 18.6. The quantitative estimate of drug-likeness (QED) is 0.500. The molecule has 0 spiro atoms. The number of hydrogen-bond donors (Lipinski definition) is 1. The SMILES string of the molecule is COc1cc(C2Nc3ccccc3C(=O)N2C(C)C)ccc1OCCOc1ccccc1. The molecule has 1 unspecified atom stereocenters. The van der Waals surface area contributed by atoms with Gasteiger partial charge >= 0.3 is 0 Å². The van der Waals surface area contributed by atoms with E-state index < -0.39 is 0 Å². The fourth-order valence-electron chi connectivity index (χ4n) is 3.85. The maximum absolute atomic E-state index is 13.2. The maximum atomic E-state index is 13.2. The summed E-state index contributed by atoms with van der Waals surface area (Å²) in [4.78, 5) is 15.0. The van der Waals surface area contributed by atoms with E-state index in [-0.39, 0.29) is 18.1 Å². The lowest BCUT2D eigenvalue weighted by atomic mass is 10.0. The highest BCUT2D eigenvalue weighted by atomic mass is 16.5. The minimum Gasteiger partial charge on any atom is -0.493 e. The molecule has 0 aliphatic carbocycles. The van der Waals surface area contributed by atoms with Crippen LogP contribution in [0.3, 0.4) is 0 Å². The molecule has 0 fully saturated rings. The van der Waals surface area contributed by atoms with Gasteiger partial charge in [-0.25, -0.2) is 0 Å². The molecule has 1 heterocycles. The minimum absolute atomic E-state index is 0.0108. The molecule has 6 heteroatoms. The van der Waals surface area contributed by atoms with Crippen molar-refractivity contribution in [3.8, 4) is 17.2 Å². The first-order chi connectivity index (χ1) is 15.6. The Balaban J connectivity index is 1.50. The van der Waals surface area contributed by atoms with E-state index in [0.29, 0.717) is 30.3 Å². The molecule has 0 radical (unpaired) electrons. The van der Waals surface area contributed by atoms with Gasteiger partial charge in [0.25, 0.3) is 5.91 Å². The Hall–Kier alpha value is -3.67. The highest BCUT2D eigenvalue weighted by Crippen LogP contribution is 2.37. The van der Waals surface area contributed by atoms with Crippen LogP contribution in [0.2, 0.25) is 0 Å². The molecule has 4 rings (SSSR count). The van der Waals surface area contributed by atoms with Crippen LogP contribution in [0.5, 0.6) is 17.2 Å². The lowest BCUT2D eigenvalue weighted by Gasteiger charge is -2.40. The molecule has 0 bridgehead atoms. The predicted molar refractivity (Wildman–Crippen MR) is 125 cm³/mol. The zero-order chi connectivity index (χ0) is 22.5. The van der Waals surface area contributed by atoms with E-state index in [0.717, 1.165) is 17.0 Å². The van der Waals surface area contributed by atoms with Crippen molar-refractivity contribution in [3.63, 3.8) is 0 Å². The normalized spacial score (nSPS) is 15.2. The van der Waals surface area contributed by atoms with Crippen molar-refractivity contribution in [1.29, 1.82) is 0 Å². The highest BCUT2D eigenvalue weighted by Gasteiger charge is 2.34. The molecule has 3 aromatic carbocycles. The average Bonchev–Trinajstić information content (AvgIpc) is 2.82. The molecule has 6 nitrogen and oxygen atoms in total. The van der Waals surface area contributed by atoms with Gasteiger partial charge in [0.2, 0.25) is 0 Å². The van der Waals surface area contributed by atoms with Crippen LogP contribution in [0, 0.1) is 0 Å². The number of ether oxygens (including phenoxy) is 3. The number of nitrogens with one attached hydrogen (secondary N) is 1. The Bertz CT molecular complexity index is 1070. The molecule has 0 saturated carbocycles. The van der Waals surface area contributed by atoms with Crippen molar-refractivity contribution in [1.82, 2.24) is 4.90 Å². The van der Waals surface area contributed by atoms with Crippen molar-refractivity contribution < 1.29 is 19.0 Å². The van der Waals surface area contributed by atoms with Crippen LogP contribution >= 0.6 is 0 Å². The Kier molecular flexibility index (Phi) is 6.50. The van der Waals surface area contributed by atoms with Crippen LogP contribution in [-0.2, 0) is 0 Å². The van der Waals surface area contributed by atoms with Gasteiger partial charge in [-0.05, 0) is 55.8 Å². The van der Waals surface area contributed by atoms with Crippen molar-refractivity contribution in [2.24, 2.45) is 0 Å². The number of amides is 1. The molecule has 1 aliphatic heterocycles. The predicted octanol–water partition coefficient (Wildman–Crippen LogP) is 5.13. The summed E-state index contributed by atoms with van der Waals surface area (Å²) in [6.07, 6.45) is -0.304. The first-order valence-corrected chi connectivity index (χ1v) is 10.8. The second-order valence-corrected chi connectivity index (χ2v) is 7.82. The van der Waals surface area contributed by atoms with Crippen LogP contribution in [0.4, 0.5) is 5.69 Å². The van der Waals surface area contributed by atoms with Gasteiger partial charge in [-0.15, -0.1) is 0 Å². The number of benzene rings is 3. The first-order valence-electron chi connectivity index (χ1n) is 10.8. The number of hydrogen-bond acceptors (Lipinski definition) is 5. The number of fused-ring (bicyclic) bond motifs is 1. The van der Waals surface area contributed by atoms with Gasteiger partial charge in [0, 0.05) is 11.7 Å². The minimum atomic E-state index is -0.304. The number of para-hydroxylation sites is 2. The fourth-order valence-corrected chi connectivity index (χ4v) is 3.85. The lowest BCUT2D eigenvalue weighted by molar-refractivity contribution is 0.0616. The standard InChI is InChI=1S/C26H28N2O4/c1-18(2)28-25(27-22-12-8-7-11-21(22)26(28)29)19-13-14-23(24(17-19)30-3)32-16-15-31-20-9-5-4-6-10-20/h4-14,17-18,25,27H,15-16H2,1-3H3. The van der Waals surface area contributed by atoms with Crippen molar-refractivity contribution in [3.05, 3.63) is 83.9 Å². The molecule has 0 aromatic heterocycles. The summed E-state index contributed by atoms with van der Waals surface area (Å²) in [6.45, 7) is 4.84. The highest BCUT2D eigenvalue weighted by molar-refractivity contribution is 6.01. The number of rotatable bonds is 8. The zero-order valence-electron chi connectivity index (χ0n) is 18.6. The van der Waals surface area contributed by atoms with Gasteiger partial charge < -0.3 is 24.4 Å². The third kappa shape index (κ3) is 4.49. The van der Waals surface area contributed by atoms with E-state index in [9.17, 15) is 4.79 Å². The summed E-state index contributed by atoms with van der Waals surface area (Å²) >= 11 is 0. The van der Waals surface area contributed by atoms with Gasteiger partial charge in [-0.2, -0.15) is 0 Å². The third-order valence-electron chi connectivity index (χ3n) is 5.37. The van der Waals surface area contributed by atoms with Crippen LogP contribution < -0.4 is 19.5 Å². The Morgan fingerprint density at radius 2 is 1.62 bits per heavy atom. The van der Waals surface area contributed by atoms with Crippen molar-refractivity contribution in [2.45, 2.75) is 26.1 Å². The molecule has 1 N–H and O–H groups in total. The summed E-state index contributed by atoms with van der Waals surface area (Å²) in [5.41, 5.74) is 2.44. The number of carbonyl (C=O) groups is 1. The first kappa shape index (κ1) is 21.6. The van der Waals surface area contributed by atoms with E-state index in [1.807, 2.05) is 91.5 Å². The van der Waals surface area contributed by atoms with Gasteiger partial charge in [0.15, 0.2) is 11.5 Å². The van der Waals surface area contributed by atoms with Crippen molar-refractivity contribution in [2.75, 3.05) is 25.6 Å². The number of nitrogens with zero attached hydrogens (tertiary/aromatic N) is 1. The van der Waals surface area contributed by atoms with Crippen LogP contribution in [0.25, 0.3) is 0 Å². The molecular weight excluding hydrogens is 404 g/mol. The lowest BCUT2D eigenvalue weighted by Crippen LogP contribution is -2.46. The fraction of sp³-hybridized carbons (Fsp3) is 0.269. The third-order valence-corrected chi connectivity index (χ3v) is 5.37. The molecule has 1 atom stereocenters. The van der Waals surface area contributed by atoms with Crippen LogP contribution in [0.15, 0.2) is 72.8 Å².